The van der Waals surface area contributed by atoms with Gasteiger partial charge in [0.05, 0.1) is 17.4 Å². The molecule has 1 fully saturated rings. The van der Waals surface area contributed by atoms with E-state index in [2.05, 4.69) is 41.9 Å². The minimum Gasteiger partial charge on any atom is -0.345 e. The molecule has 2 aliphatic rings. The number of aromatic nitrogens is 4. The van der Waals surface area contributed by atoms with Crippen molar-refractivity contribution in [3.05, 3.63) is 53.7 Å². The van der Waals surface area contributed by atoms with Crippen LogP contribution in [-0.2, 0) is 6.42 Å². The van der Waals surface area contributed by atoms with Crippen molar-refractivity contribution >= 4 is 23.1 Å². The highest BCUT2D eigenvalue weighted by atomic mass is 15.3. The van der Waals surface area contributed by atoms with Crippen LogP contribution in [0.3, 0.4) is 0 Å². The van der Waals surface area contributed by atoms with Gasteiger partial charge in [-0.3, -0.25) is 15.8 Å². The molecule has 5 rings (SSSR count). The van der Waals surface area contributed by atoms with Crippen molar-refractivity contribution in [1.29, 1.82) is 0 Å². The molecule has 1 saturated carbocycles. The van der Waals surface area contributed by atoms with Gasteiger partial charge in [0, 0.05) is 30.3 Å². The molecule has 1 aliphatic carbocycles. The SMILES string of the molecule is NC1(Cc2cccc3[nH]cnc23)N=CC=C(Nc2cc(C3CC3)[nH]n2)N1. The highest BCUT2D eigenvalue weighted by molar-refractivity contribution is 5.79. The summed E-state index contributed by atoms with van der Waals surface area (Å²) in [4.78, 5) is 12.0. The number of nitrogens with one attached hydrogen (secondary N) is 4. The molecule has 132 valence electrons. The molecule has 8 heteroatoms. The first-order valence-corrected chi connectivity index (χ1v) is 8.74. The predicted molar refractivity (Wildman–Crippen MR) is 101 cm³/mol. The summed E-state index contributed by atoms with van der Waals surface area (Å²) in [6.07, 6.45) is 8.25. The van der Waals surface area contributed by atoms with Crippen LogP contribution in [0.5, 0.6) is 0 Å². The van der Waals surface area contributed by atoms with Crippen LogP contribution in [-0.4, -0.2) is 32.2 Å². The molecule has 26 heavy (non-hydrogen) atoms. The lowest BCUT2D eigenvalue weighted by Gasteiger charge is -2.31. The molecule has 0 saturated heterocycles. The van der Waals surface area contributed by atoms with Crippen LogP contribution >= 0.6 is 0 Å². The van der Waals surface area contributed by atoms with E-state index >= 15 is 0 Å². The Morgan fingerprint density at radius 1 is 1.31 bits per heavy atom. The van der Waals surface area contributed by atoms with Crippen LogP contribution in [0.2, 0.25) is 0 Å². The Balaban J connectivity index is 1.33. The number of hydrogen-bond acceptors (Lipinski definition) is 6. The molecule has 0 spiro atoms. The van der Waals surface area contributed by atoms with E-state index in [-0.39, 0.29) is 0 Å². The second-order valence-corrected chi connectivity index (χ2v) is 6.91. The minimum absolute atomic E-state index is 0.513. The van der Waals surface area contributed by atoms with Gasteiger partial charge >= 0.3 is 0 Å². The number of H-pyrrole nitrogens is 2. The topological polar surface area (TPSA) is 120 Å². The lowest BCUT2D eigenvalue weighted by molar-refractivity contribution is 0.381. The molecule has 3 heterocycles. The molecule has 1 aromatic carbocycles. The maximum Gasteiger partial charge on any atom is 0.187 e. The fourth-order valence-corrected chi connectivity index (χ4v) is 3.32. The molecule has 0 amide bonds. The number of imidazole rings is 1. The zero-order chi connectivity index (χ0) is 17.6. The number of anilines is 1. The van der Waals surface area contributed by atoms with Gasteiger partial charge in [0.15, 0.2) is 11.6 Å². The van der Waals surface area contributed by atoms with Gasteiger partial charge in [0.25, 0.3) is 0 Å². The molecule has 1 unspecified atom stereocenters. The highest BCUT2D eigenvalue weighted by Gasteiger charge is 2.29. The van der Waals surface area contributed by atoms with E-state index in [0.717, 1.165) is 28.2 Å². The average molecular weight is 348 g/mol. The Hall–Kier alpha value is -3.13. The van der Waals surface area contributed by atoms with Gasteiger partial charge in [-0.15, -0.1) is 0 Å². The van der Waals surface area contributed by atoms with E-state index in [4.69, 9.17) is 5.73 Å². The van der Waals surface area contributed by atoms with Crippen LogP contribution < -0.4 is 16.4 Å². The van der Waals surface area contributed by atoms with Crippen LogP contribution in [0.4, 0.5) is 5.82 Å². The standard InChI is InChI=1S/C18H20N8/c19-18(9-12-2-1-3-13-17(12)21-10-20-13)22-7-6-15(24-18)23-16-8-14(25-26-16)11-4-5-11/h1-3,6-8,10-11,24H,4-5,9,19H2,(H,20,21)(H2,23,25,26). The van der Waals surface area contributed by atoms with Crippen LogP contribution in [0, 0.1) is 0 Å². The van der Waals surface area contributed by atoms with Gasteiger partial charge in [-0.2, -0.15) is 5.10 Å². The van der Waals surface area contributed by atoms with Crippen molar-refractivity contribution in [1.82, 2.24) is 25.5 Å². The third-order valence-corrected chi connectivity index (χ3v) is 4.77. The van der Waals surface area contributed by atoms with E-state index in [0.29, 0.717) is 12.3 Å². The minimum atomic E-state index is -0.944. The number of aromatic amines is 2. The first-order valence-electron chi connectivity index (χ1n) is 8.74. The number of fused-ring (bicyclic) bond motifs is 1. The normalized spacial score (nSPS) is 22.3. The maximum atomic E-state index is 6.50. The molecule has 0 bridgehead atoms. The van der Waals surface area contributed by atoms with Crippen molar-refractivity contribution in [2.24, 2.45) is 10.7 Å². The van der Waals surface area contributed by atoms with E-state index in [1.807, 2.05) is 24.3 Å². The Morgan fingerprint density at radius 3 is 3.12 bits per heavy atom. The van der Waals surface area contributed by atoms with Gasteiger partial charge in [-0.1, -0.05) is 12.1 Å². The third kappa shape index (κ3) is 2.84. The van der Waals surface area contributed by atoms with Crippen LogP contribution in [0.1, 0.15) is 30.0 Å². The largest absolute Gasteiger partial charge is 0.345 e. The monoisotopic (exact) mass is 348 g/mol. The summed E-state index contributed by atoms with van der Waals surface area (Å²) in [6.45, 7) is 0. The van der Waals surface area contributed by atoms with Gasteiger partial charge in [-0.05, 0) is 30.5 Å². The average Bonchev–Trinajstić information content (AvgIpc) is 3.16. The zero-order valence-electron chi connectivity index (χ0n) is 14.2. The number of benzene rings is 1. The van der Waals surface area contributed by atoms with Crippen molar-refractivity contribution in [3.63, 3.8) is 0 Å². The highest BCUT2D eigenvalue weighted by Crippen LogP contribution is 2.39. The molecule has 8 nitrogen and oxygen atoms in total. The first kappa shape index (κ1) is 15.2. The summed E-state index contributed by atoms with van der Waals surface area (Å²) in [5.41, 5.74) is 10.6. The zero-order valence-corrected chi connectivity index (χ0v) is 14.2. The molecule has 1 atom stereocenters. The van der Waals surface area contributed by atoms with Crippen molar-refractivity contribution in [3.8, 4) is 0 Å². The summed E-state index contributed by atoms with van der Waals surface area (Å²) in [6, 6.07) is 8.06. The lowest BCUT2D eigenvalue weighted by Crippen LogP contribution is -2.55. The number of allylic oxidation sites excluding steroid dienone is 1. The quantitative estimate of drug-likeness (QED) is 0.483. The van der Waals surface area contributed by atoms with Gasteiger partial charge in [0.2, 0.25) is 0 Å². The summed E-state index contributed by atoms with van der Waals surface area (Å²) in [5.74, 6) is 1.24. The second-order valence-electron chi connectivity index (χ2n) is 6.91. The molecule has 3 aromatic rings. The van der Waals surface area contributed by atoms with Crippen LogP contribution in [0.25, 0.3) is 11.0 Å². The summed E-state index contributed by atoms with van der Waals surface area (Å²) in [5, 5.41) is 14.0. The molecule has 1 aliphatic heterocycles. The summed E-state index contributed by atoms with van der Waals surface area (Å²) in [7, 11) is 0. The number of hydrogen-bond donors (Lipinski definition) is 5. The molecular formula is C18H20N8. The first-order chi connectivity index (χ1) is 12.7. The van der Waals surface area contributed by atoms with E-state index < -0.39 is 5.79 Å². The Bertz CT molecular complexity index is 1010. The van der Waals surface area contributed by atoms with Crippen molar-refractivity contribution in [2.45, 2.75) is 31.0 Å². The lowest BCUT2D eigenvalue weighted by atomic mass is 10.0. The Kier molecular flexibility index (Phi) is 3.32. The van der Waals surface area contributed by atoms with Crippen molar-refractivity contribution in [2.75, 3.05) is 5.32 Å². The summed E-state index contributed by atoms with van der Waals surface area (Å²) < 4.78 is 0. The van der Waals surface area contributed by atoms with E-state index in [9.17, 15) is 0 Å². The predicted octanol–water partition coefficient (Wildman–Crippen LogP) is 1.95. The van der Waals surface area contributed by atoms with E-state index in [1.165, 1.54) is 18.5 Å². The number of rotatable bonds is 5. The summed E-state index contributed by atoms with van der Waals surface area (Å²) >= 11 is 0. The Morgan fingerprint density at radius 2 is 2.23 bits per heavy atom. The third-order valence-electron chi connectivity index (χ3n) is 4.77. The fourth-order valence-electron chi connectivity index (χ4n) is 3.32. The van der Waals surface area contributed by atoms with Crippen LogP contribution in [0.15, 0.2) is 47.5 Å². The maximum absolute atomic E-state index is 6.50. The fraction of sp³-hybridized carbons (Fsp3) is 0.278. The smallest absolute Gasteiger partial charge is 0.187 e. The van der Waals surface area contributed by atoms with Crippen molar-refractivity contribution < 1.29 is 0 Å². The number of nitrogens with zero attached hydrogens (tertiary/aromatic N) is 3. The van der Waals surface area contributed by atoms with Gasteiger partial charge in [0.1, 0.15) is 5.82 Å². The second kappa shape index (κ2) is 5.70. The number of aliphatic imine (C=N–C) groups is 1. The molecule has 6 N–H and O–H groups in total. The number of nitrogens with two attached hydrogens (primary N) is 1. The number of para-hydroxylation sites is 1. The van der Waals surface area contributed by atoms with E-state index in [1.54, 1.807) is 12.5 Å². The molecule has 0 radical (unpaired) electrons. The van der Waals surface area contributed by atoms with Gasteiger partial charge < -0.3 is 15.6 Å². The molecule has 2 aromatic heterocycles. The van der Waals surface area contributed by atoms with Gasteiger partial charge in [-0.25, -0.2) is 4.98 Å². The molecular weight excluding hydrogens is 328 g/mol. The Labute approximate surface area is 150 Å².